The van der Waals surface area contributed by atoms with Crippen LogP contribution in [-0.2, 0) is 9.59 Å². The van der Waals surface area contributed by atoms with Crippen LogP contribution in [0, 0.1) is 17.8 Å². The first-order valence-electron chi connectivity index (χ1n) is 7.23. The number of likely N-dealkylation sites (tertiary alicyclic amines) is 1. The van der Waals surface area contributed by atoms with Gasteiger partial charge in [-0.25, -0.2) is 0 Å². The van der Waals surface area contributed by atoms with Crippen LogP contribution in [0.2, 0.25) is 0 Å². The Morgan fingerprint density at radius 1 is 1.32 bits per heavy atom. The number of amides is 2. The molecule has 1 heterocycles. The number of carbonyl (C=O) groups is 2. The largest absolute Gasteiger partial charge is 0.340 e. The quantitative estimate of drug-likeness (QED) is 0.579. The topological polar surface area (TPSA) is 41.8 Å². The van der Waals surface area contributed by atoms with Gasteiger partial charge in [0.15, 0.2) is 0 Å². The van der Waals surface area contributed by atoms with Gasteiger partial charge in [0.2, 0.25) is 11.8 Å². The highest BCUT2D eigenvalue weighted by atomic mass is 16.2. The molecule has 0 bridgehead atoms. The van der Waals surface area contributed by atoms with Crippen molar-refractivity contribution in [3.05, 3.63) is 11.6 Å². The average Bonchev–Trinajstić information content (AvgIpc) is 2.53. The van der Waals surface area contributed by atoms with Crippen LogP contribution in [0.25, 0.3) is 0 Å². The van der Waals surface area contributed by atoms with Crippen LogP contribution >= 0.6 is 0 Å². The van der Waals surface area contributed by atoms with Crippen LogP contribution in [0.1, 0.15) is 26.7 Å². The third-order valence-corrected chi connectivity index (χ3v) is 4.28. The maximum atomic E-state index is 12.4. The normalized spacial score (nSPS) is 30.9. The number of carbonyl (C=O) groups excluding carboxylic acids is 2. The highest BCUT2D eigenvalue weighted by molar-refractivity contribution is 6.05. The number of nitrogens with one attached hydrogen (secondary N) is 1. The zero-order valence-corrected chi connectivity index (χ0v) is 12.4. The number of allylic oxidation sites excluding steroid dienone is 2. The van der Waals surface area contributed by atoms with Gasteiger partial charge in [0.05, 0.1) is 32.5 Å². The van der Waals surface area contributed by atoms with Gasteiger partial charge in [-0.2, -0.15) is 0 Å². The van der Waals surface area contributed by atoms with Gasteiger partial charge < -0.3 is 4.90 Å². The van der Waals surface area contributed by atoms with Crippen LogP contribution in [-0.4, -0.2) is 43.9 Å². The third kappa shape index (κ3) is 2.73. The first-order valence-corrected chi connectivity index (χ1v) is 7.23. The van der Waals surface area contributed by atoms with Gasteiger partial charge in [0.1, 0.15) is 0 Å². The molecule has 1 fully saturated rings. The molecule has 2 amide bonds. The minimum absolute atomic E-state index is 0.0556. The van der Waals surface area contributed by atoms with Gasteiger partial charge in [-0.15, -0.1) is 0 Å². The fraction of sp³-hybridized carbons (Fsp3) is 0.733. The lowest BCUT2D eigenvalue weighted by Gasteiger charge is -2.25. The molecule has 0 saturated carbocycles. The van der Waals surface area contributed by atoms with Crippen molar-refractivity contribution in [2.45, 2.75) is 26.7 Å². The van der Waals surface area contributed by atoms with Crippen molar-refractivity contribution < 1.29 is 14.5 Å². The second kappa shape index (κ2) is 5.45. The van der Waals surface area contributed by atoms with E-state index >= 15 is 0 Å². The lowest BCUT2D eigenvalue weighted by atomic mass is 9.76. The summed E-state index contributed by atoms with van der Waals surface area (Å²) in [7, 11) is 4.17. The number of quaternary nitrogens is 1. The van der Waals surface area contributed by atoms with Crippen molar-refractivity contribution in [2.24, 2.45) is 17.8 Å². The fourth-order valence-electron chi connectivity index (χ4n) is 3.40. The molecule has 0 aromatic rings. The van der Waals surface area contributed by atoms with Gasteiger partial charge in [-0.05, 0) is 19.3 Å². The number of hydrogen-bond donors (Lipinski definition) is 1. The van der Waals surface area contributed by atoms with Crippen molar-refractivity contribution in [3.8, 4) is 0 Å². The molecule has 0 radical (unpaired) electrons. The predicted molar refractivity (Wildman–Crippen MR) is 73.5 cm³/mol. The summed E-state index contributed by atoms with van der Waals surface area (Å²) < 4.78 is 0. The summed E-state index contributed by atoms with van der Waals surface area (Å²) in [6.45, 7) is 5.68. The molecule has 1 aliphatic carbocycles. The van der Waals surface area contributed by atoms with Gasteiger partial charge in [0, 0.05) is 13.0 Å². The fourth-order valence-corrected chi connectivity index (χ4v) is 3.40. The van der Waals surface area contributed by atoms with E-state index in [1.54, 1.807) is 0 Å². The highest BCUT2D eigenvalue weighted by Crippen LogP contribution is 2.40. The summed E-state index contributed by atoms with van der Waals surface area (Å²) in [4.78, 5) is 27.7. The Morgan fingerprint density at radius 3 is 2.63 bits per heavy atom. The molecule has 2 rings (SSSR count). The Hall–Kier alpha value is -1.16. The summed E-state index contributed by atoms with van der Waals surface area (Å²) in [5.74, 6) is 0.102. The maximum Gasteiger partial charge on any atom is 0.233 e. The zero-order chi connectivity index (χ0) is 14.2. The molecule has 0 aromatic carbocycles. The third-order valence-electron chi connectivity index (χ3n) is 4.28. The molecule has 0 aromatic heterocycles. The first-order chi connectivity index (χ1) is 8.91. The summed E-state index contributed by atoms with van der Waals surface area (Å²) in [5, 5.41) is 0. The minimum Gasteiger partial charge on any atom is -0.340 e. The van der Waals surface area contributed by atoms with Crippen molar-refractivity contribution in [1.29, 1.82) is 0 Å². The Labute approximate surface area is 115 Å². The van der Waals surface area contributed by atoms with Crippen LogP contribution in [0.15, 0.2) is 11.6 Å². The molecule has 19 heavy (non-hydrogen) atoms. The second-order valence-corrected chi connectivity index (χ2v) is 6.35. The Morgan fingerprint density at radius 2 is 2.00 bits per heavy atom. The molecule has 3 atom stereocenters. The smallest absolute Gasteiger partial charge is 0.233 e. The van der Waals surface area contributed by atoms with Gasteiger partial charge in [-0.1, -0.05) is 18.6 Å². The molecule has 4 nitrogen and oxygen atoms in total. The standard InChI is InChI=1S/C15H24N2O2/c1-10-8-11(2)13-12(9-10)14(18)17(15(13)19)7-5-6-16(3)4/h8,11-13H,5-7,9H2,1-4H3/p+1. The molecule has 2 aliphatic rings. The molecular weight excluding hydrogens is 240 g/mol. The zero-order valence-electron chi connectivity index (χ0n) is 12.4. The van der Waals surface area contributed by atoms with E-state index in [1.165, 1.54) is 15.4 Å². The second-order valence-electron chi connectivity index (χ2n) is 6.35. The average molecular weight is 265 g/mol. The number of fused-ring (bicyclic) bond motifs is 1. The lowest BCUT2D eigenvalue weighted by molar-refractivity contribution is -0.858. The summed E-state index contributed by atoms with van der Waals surface area (Å²) in [5.41, 5.74) is 1.24. The molecule has 1 saturated heterocycles. The highest BCUT2D eigenvalue weighted by Gasteiger charge is 2.50. The van der Waals surface area contributed by atoms with Crippen LogP contribution in [0.5, 0.6) is 0 Å². The Balaban J connectivity index is 2.06. The number of rotatable bonds is 4. The van der Waals surface area contributed by atoms with Crippen LogP contribution in [0.3, 0.4) is 0 Å². The molecule has 1 aliphatic heterocycles. The van der Waals surface area contributed by atoms with Crippen LogP contribution in [0.4, 0.5) is 0 Å². The molecular formula is C15H25N2O2+. The summed E-state index contributed by atoms with van der Waals surface area (Å²) >= 11 is 0. The number of nitrogens with zero attached hydrogens (tertiary/aromatic N) is 1. The predicted octanol–water partition coefficient (Wildman–Crippen LogP) is 0.108. The van der Waals surface area contributed by atoms with E-state index in [1.807, 2.05) is 0 Å². The van der Waals surface area contributed by atoms with Gasteiger partial charge in [0.25, 0.3) is 0 Å². The van der Waals surface area contributed by atoms with Crippen LogP contribution < -0.4 is 4.90 Å². The summed E-state index contributed by atoms with van der Waals surface area (Å²) in [6.07, 6.45) is 3.80. The Bertz CT molecular complexity index is 414. The van der Waals surface area contributed by atoms with Gasteiger partial charge >= 0.3 is 0 Å². The van der Waals surface area contributed by atoms with E-state index in [9.17, 15) is 9.59 Å². The molecule has 1 N–H and O–H groups in total. The van der Waals surface area contributed by atoms with E-state index in [4.69, 9.17) is 0 Å². The number of imide groups is 1. The minimum atomic E-state index is -0.108. The summed E-state index contributed by atoms with van der Waals surface area (Å²) in [6, 6.07) is 0. The molecule has 3 unspecified atom stereocenters. The van der Waals surface area contributed by atoms with E-state index in [2.05, 4.69) is 34.0 Å². The van der Waals surface area contributed by atoms with E-state index in [-0.39, 0.29) is 29.6 Å². The van der Waals surface area contributed by atoms with Gasteiger partial charge in [-0.3, -0.25) is 14.5 Å². The van der Waals surface area contributed by atoms with E-state index in [0.29, 0.717) is 6.54 Å². The van der Waals surface area contributed by atoms with Crippen molar-refractivity contribution >= 4 is 11.8 Å². The molecule has 4 heteroatoms. The molecule has 106 valence electrons. The maximum absolute atomic E-state index is 12.4. The van der Waals surface area contributed by atoms with Crippen molar-refractivity contribution in [2.75, 3.05) is 27.2 Å². The monoisotopic (exact) mass is 265 g/mol. The lowest BCUT2D eigenvalue weighted by Crippen LogP contribution is -3.05. The number of hydrogen-bond acceptors (Lipinski definition) is 2. The SMILES string of the molecule is CC1=CC(C)C2C(=O)N(CCC[NH+](C)C)C(=O)C2C1. The Kier molecular flexibility index (Phi) is 4.09. The van der Waals surface area contributed by atoms with E-state index < -0.39 is 0 Å². The van der Waals surface area contributed by atoms with E-state index in [0.717, 1.165) is 19.4 Å². The van der Waals surface area contributed by atoms with Crippen molar-refractivity contribution in [1.82, 2.24) is 4.90 Å². The molecule has 0 spiro atoms. The van der Waals surface area contributed by atoms with Crippen molar-refractivity contribution in [3.63, 3.8) is 0 Å². The first kappa shape index (κ1) is 14.3.